The molecule has 1 amide bonds. The largest absolute Gasteiger partial charge is 0.341 e. The third-order valence-electron chi connectivity index (χ3n) is 5.05. The van der Waals surface area contributed by atoms with Crippen molar-refractivity contribution in [2.75, 3.05) is 13.1 Å². The van der Waals surface area contributed by atoms with Gasteiger partial charge in [-0.25, -0.2) is 0 Å². The van der Waals surface area contributed by atoms with Crippen LogP contribution >= 0.6 is 0 Å². The van der Waals surface area contributed by atoms with Gasteiger partial charge in [-0.05, 0) is 37.0 Å². The minimum atomic E-state index is -0.314. The molecule has 0 unspecified atom stereocenters. The number of carbonyl (C=O) groups is 1. The van der Waals surface area contributed by atoms with Crippen molar-refractivity contribution in [2.45, 2.75) is 64.8 Å². The fourth-order valence-electron chi connectivity index (χ4n) is 3.50. The summed E-state index contributed by atoms with van der Waals surface area (Å²) in [6.45, 7) is 5.91. The molecule has 1 aliphatic heterocycles. The van der Waals surface area contributed by atoms with Crippen LogP contribution in [-0.2, 0) is 4.79 Å². The maximum absolute atomic E-state index is 12.2. The summed E-state index contributed by atoms with van der Waals surface area (Å²) in [4.78, 5) is 14.2. The Hall–Kier alpha value is -0.570. The van der Waals surface area contributed by atoms with E-state index in [0.717, 1.165) is 13.1 Å². The summed E-state index contributed by atoms with van der Waals surface area (Å²) in [7, 11) is 0. The smallest absolute Gasteiger partial charge is 0.239 e. The zero-order valence-corrected chi connectivity index (χ0v) is 12.0. The van der Waals surface area contributed by atoms with E-state index < -0.39 is 0 Å². The summed E-state index contributed by atoms with van der Waals surface area (Å²) in [6, 6.07) is -0.314. The van der Waals surface area contributed by atoms with Gasteiger partial charge in [-0.1, -0.05) is 33.1 Å². The van der Waals surface area contributed by atoms with Gasteiger partial charge in [0.05, 0.1) is 6.04 Å². The lowest BCUT2D eigenvalue weighted by molar-refractivity contribution is -0.136. The minimum absolute atomic E-state index is 0.163. The van der Waals surface area contributed by atoms with Crippen LogP contribution in [0.15, 0.2) is 0 Å². The molecule has 1 heterocycles. The molecule has 1 saturated carbocycles. The summed E-state index contributed by atoms with van der Waals surface area (Å²) in [5, 5.41) is 0. The summed E-state index contributed by atoms with van der Waals surface area (Å²) >= 11 is 0. The van der Waals surface area contributed by atoms with Crippen LogP contribution in [0.3, 0.4) is 0 Å². The minimum Gasteiger partial charge on any atom is -0.341 e. The highest BCUT2D eigenvalue weighted by Crippen LogP contribution is 2.44. The monoisotopic (exact) mass is 252 g/mol. The molecule has 2 fully saturated rings. The van der Waals surface area contributed by atoms with Crippen LogP contribution in [0.2, 0.25) is 0 Å². The second kappa shape index (κ2) is 5.60. The average molecular weight is 252 g/mol. The van der Waals surface area contributed by atoms with Crippen molar-refractivity contribution >= 4 is 5.91 Å². The van der Waals surface area contributed by atoms with E-state index in [2.05, 4.69) is 0 Å². The molecule has 0 radical (unpaired) electrons. The van der Waals surface area contributed by atoms with E-state index in [1.807, 2.05) is 18.7 Å². The number of likely N-dealkylation sites (tertiary alicyclic amines) is 1. The van der Waals surface area contributed by atoms with Gasteiger partial charge >= 0.3 is 0 Å². The van der Waals surface area contributed by atoms with Crippen molar-refractivity contribution in [3.05, 3.63) is 0 Å². The lowest BCUT2D eigenvalue weighted by Crippen LogP contribution is -2.51. The zero-order valence-electron chi connectivity index (χ0n) is 12.0. The van der Waals surface area contributed by atoms with E-state index in [-0.39, 0.29) is 17.9 Å². The van der Waals surface area contributed by atoms with Gasteiger partial charge in [-0.3, -0.25) is 4.79 Å². The highest BCUT2D eigenvalue weighted by Gasteiger charge is 2.37. The van der Waals surface area contributed by atoms with Gasteiger partial charge in [0, 0.05) is 13.1 Å². The second-order valence-corrected chi connectivity index (χ2v) is 6.66. The van der Waals surface area contributed by atoms with Gasteiger partial charge in [0.2, 0.25) is 5.91 Å². The van der Waals surface area contributed by atoms with Crippen LogP contribution in [0.5, 0.6) is 0 Å². The first-order valence-electron chi connectivity index (χ1n) is 7.58. The summed E-state index contributed by atoms with van der Waals surface area (Å²) in [6.07, 6.45) is 9.34. The first-order valence-corrected chi connectivity index (χ1v) is 7.58. The van der Waals surface area contributed by atoms with E-state index in [1.54, 1.807) is 0 Å². The number of amides is 1. The van der Waals surface area contributed by atoms with Crippen molar-refractivity contribution in [1.29, 1.82) is 0 Å². The number of nitrogens with two attached hydrogens (primary N) is 1. The van der Waals surface area contributed by atoms with Crippen LogP contribution in [0.25, 0.3) is 0 Å². The molecule has 2 rings (SSSR count). The quantitative estimate of drug-likeness (QED) is 0.821. The van der Waals surface area contributed by atoms with Gasteiger partial charge in [0.1, 0.15) is 0 Å². The highest BCUT2D eigenvalue weighted by atomic mass is 16.2. The van der Waals surface area contributed by atoms with Crippen molar-refractivity contribution in [3.8, 4) is 0 Å². The van der Waals surface area contributed by atoms with Crippen LogP contribution in [0, 0.1) is 11.3 Å². The number of hydrogen-bond donors (Lipinski definition) is 1. The number of nitrogens with zero attached hydrogens (tertiary/aromatic N) is 1. The highest BCUT2D eigenvalue weighted by molar-refractivity contribution is 5.82. The lowest BCUT2D eigenvalue weighted by Gasteiger charge is -2.45. The molecular weight excluding hydrogens is 224 g/mol. The van der Waals surface area contributed by atoms with Gasteiger partial charge in [0.15, 0.2) is 0 Å². The lowest BCUT2D eigenvalue weighted by atomic mass is 9.68. The molecule has 3 heteroatoms. The predicted molar refractivity (Wildman–Crippen MR) is 74.1 cm³/mol. The summed E-state index contributed by atoms with van der Waals surface area (Å²) < 4.78 is 0. The molecular formula is C15H28N2O. The average Bonchev–Trinajstić information content (AvgIpc) is 2.39. The molecule has 2 N–H and O–H groups in total. The number of carbonyl (C=O) groups excluding carboxylic acids is 1. The fraction of sp³-hybridized carbons (Fsp3) is 0.933. The van der Waals surface area contributed by atoms with E-state index in [0.29, 0.717) is 5.41 Å². The first kappa shape index (κ1) is 13.9. The van der Waals surface area contributed by atoms with Crippen LogP contribution in [0.4, 0.5) is 0 Å². The molecule has 0 aromatic heterocycles. The molecule has 0 aromatic rings. The Kier molecular flexibility index (Phi) is 4.31. The summed E-state index contributed by atoms with van der Waals surface area (Å²) in [5.41, 5.74) is 6.54. The van der Waals surface area contributed by atoms with Crippen LogP contribution in [0.1, 0.15) is 58.8 Å². The number of rotatable bonds is 2. The van der Waals surface area contributed by atoms with E-state index in [4.69, 9.17) is 5.73 Å². The molecule has 2 aliphatic rings. The van der Waals surface area contributed by atoms with E-state index in [1.165, 1.54) is 44.9 Å². The molecule has 0 aromatic carbocycles. The van der Waals surface area contributed by atoms with Gasteiger partial charge in [-0.2, -0.15) is 0 Å². The van der Waals surface area contributed by atoms with Crippen LogP contribution in [-0.4, -0.2) is 29.9 Å². The zero-order chi connectivity index (χ0) is 13.2. The normalized spacial score (nSPS) is 25.4. The van der Waals surface area contributed by atoms with Gasteiger partial charge in [0.25, 0.3) is 0 Å². The maximum atomic E-state index is 12.2. The molecule has 1 aliphatic carbocycles. The predicted octanol–water partition coefficient (Wildman–Crippen LogP) is 2.54. The molecule has 18 heavy (non-hydrogen) atoms. The Morgan fingerprint density at radius 1 is 1.06 bits per heavy atom. The van der Waals surface area contributed by atoms with E-state index >= 15 is 0 Å². The van der Waals surface area contributed by atoms with E-state index in [9.17, 15) is 4.79 Å². The van der Waals surface area contributed by atoms with Crippen molar-refractivity contribution in [2.24, 2.45) is 17.1 Å². The molecule has 3 nitrogen and oxygen atoms in total. The Bertz CT molecular complexity index is 285. The van der Waals surface area contributed by atoms with Crippen molar-refractivity contribution < 1.29 is 4.79 Å². The molecule has 1 atom stereocenters. The Balaban J connectivity index is 1.88. The van der Waals surface area contributed by atoms with Crippen molar-refractivity contribution in [3.63, 3.8) is 0 Å². The van der Waals surface area contributed by atoms with Gasteiger partial charge < -0.3 is 10.6 Å². The Morgan fingerprint density at radius 2 is 1.61 bits per heavy atom. The summed E-state index contributed by atoms with van der Waals surface area (Å²) in [5.74, 6) is 0.402. The Morgan fingerprint density at radius 3 is 2.11 bits per heavy atom. The maximum Gasteiger partial charge on any atom is 0.239 e. The third kappa shape index (κ3) is 2.87. The number of piperidine rings is 1. The standard InChI is InChI=1S/C15H28N2O/c1-12(2)13(16)14(18)17-10-8-15(9-11-17)6-4-3-5-7-15/h12-13H,3-11,16H2,1-2H3/t13-/m0/s1. The first-order chi connectivity index (χ1) is 8.54. The molecule has 1 spiro atoms. The topological polar surface area (TPSA) is 46.3 Å². The SMILES string of the molecule is CC(C)[C@H](N)C(=O)N1CCC2(CCCCC2)CC1. The third-order valence-corrected chi connectivity index (χ3v) is 5.05. The van der Waals surface area contributed by atoms with Crippen molar-refractivity contribution in [1.82, 2.24) is 4.90 Å². The van der Waals surface area contributed by atoms with Crippen LogP contribution < -0.4 is 5.73 Å². The second-order valence-electron chi connectivity index (χ2n) is 6.66. The number of hydrogen-bond acceptors (Lipinski definition) is 2. The molecule has 1 saturated heterocycles. The molecule has 0 bridgehead atoms. The van der Waals surface area contributed by atoms with Gasteiger partial charge in [-0.15, -0.1) is 0 Å². The fourth-order valence-corrected chi connectivity index (χ4v) is 3.50. The Labute approximate surface area is 111 Å². The molecule has 104 valence electrons.